The van der Waals surface area contributed by atoms with E-state index < -0.39 is 0 Å². The van der Waals surface area contributed by atoms with Gasteiger partial charge in [0.1, 0.15) is 5.69 Å². The second-order valence-corrected chi connectivity index (χ2v) is 6.23. The van der Waals surface area contributed by atoms with Gasteiger partial charge in [-0.05, 0) is 18.1 Å². The number of benzene rings is 1. The van der Waals surface area contributed by atoms with Crippen molar-refractivity contribution in [3.63, 3.8) is 0 Å². The molecule has 0 bridgehead atoms. The summed E-state index contributed by atoms with van der Waals surface area (Å²) in [5, 5.41) is 14.2. The van der Waals surface area contributed by atoms with Gasteiger partial charge in [-0.25, -0.2) is 0 Å². The summed E-state index contributed by atoms with van der Waals surface area (Å²) in [5.74, 6) is 0.404. The number of morpholine rings is 1. The van der Waals surface area contributed by atoms with Crippen molar-refractivity contribution in [1.82, 2.24) is 4.90 Å². The van der Waals surface area contributed by atoms with E-state index >= 15 is 0 Å². The van der Waals surface area contributed by atoms with Crippen molar-refractivity contribution >= 4 is 27.3 Å². The monoisotopic (exact) mass is 357 g/mol. The van der Waals surface area contributed by atoms with Crippen LogP contribution in [0.5, 0.6) is 0 Å². The van der Waals surface area contributed by atoms with Gasteiger partial charge in [0.25, 0.3) is 5.69 Å². The molecule has 116 valence electrons. The summed E-state index contributed by atoms with van der Waals surface area (Å²) in [7, 11) is 0. The van der Waals surface area contributed by atoms with Crippen molar-refractivity contribution in [2.24, 2.45) is 5.92 Å². The molecule has 21 heavy (non-hydrogen) atoms. The van der Waals surface area contributed by atoms with E-state index in [1.165, 1.54) is 6.07 Å². The molecule has 2 rings (SSSR count). The van der Waals surface area contributed by atoms with Crippen molar-refractivity contribution in [3.05, 3.63) is 32.8 Å². The first kappa shape index (κ1) is 16.2. The zero-order chi connectivity index (χ0) is 15.2. The van der Waals surface area contributed by atoms with Crippen LogP contribution in [0.1, 0.15) is 6.92 Å². The number of nitro groups is 1. The third-order valence-corrected chi connectivity index (χ3v) is 3.96. The minimum Gasteiger partial charge on any atom is -0.379 e. The molecule has 0 amide bonds. The molecular formula is C14H20BrN3O3. The Morgan fingerprint density at radius 2 is 2.19 bits per heavy atom. The Bertz CT molecular complexity index is 492. The Hall–Kier alpha value is -1.18. The molecule has 1 aliphatic rings. The predicted molar refractivity (Wildman–Crippen MR) is 85.7 cm³/mol. The van der Waals surface area contributed by atoms with Gasteiger partial charge in [-0.1, -0.05) is 22.9 Å². The van der Waals surface area contributed by atoms with E-state index in [-0.39, 0.29) is 10.6 Å². The van der Waals surface area contributed by atoms with Crippen LogP contribution in [-0.4, -0.2) is 49.2 Å². The molecule has 0 saturated carbocycles. The first-order valence-corrected chi connectivity index (χ1v) is 7.83. The van der Waals surface area contributed by atoms with Crippen molar-refractivity contribution in [3.8, 4) is 0 Å². The second-order valence-electron chi connectivity index (χ2n) is 5.32. The van der Waals surface area contributed by atoms with Crippen molar-refractivity contribution < 1.29 is 9.66 Å². The largest absolute Gasteiger partial charge is 0.379 e. The minimum atomic E-state index is -0.360. The number of nitro benzene ring substituents is 1. The maximum absolute atomic E-state index is 11.0. The summed E-state index contributed by atoms with van der Waals surface area (Å²) in [4.78, 5) is 13.0. The van der Waals surface area contributed by atoms with Crippen molar-refractivity contribution in [1.29, 1.82) is 0 Å². The van der Waals surface area contributed by atoms with Crippen LogP contribution in [0.4, 0.5) is 11.4 Å². The zero-order valence-corrected chi connectivity index (χ0v) is 13.6. The lowest BCUT2D eigenvalue weighted by Crippen LogP contribution is -2.40. The standard InChI is InChI=1S/C14H20BrN3O3/c1-11(10-17-4-6-21-7-5-17)9-16-13-8-12(15)2-3-14(13)18(19)20/h2-3,8,11,16H,4-7,9-10H2,1H3. The molecule has 1 atom stereocenters. The highest BCUT2D eigenvalue weighted by atomic mass is 79.9. The number of hydrogen-bond donors (Lipinski definition) is 1. The van der Waals surface area contributed by atoms with E-state index in [1.54, 1.807) is 12.1 Å². The molecule has 6 nitrogen and oxygen atoms in total. The molecule has 1 N–H and O–H groups in total. The number of halogens is 1. The first-order chi connectivity index (χ1) is 10.1. The van der Waals surface area contributed by atoms with Gasteiger partial charge in [-0.2, -0.15) is 0 Å². The van der Waals surface area contributed by atoms with E-state index in [9.17, 15) is 10.1 Å². The van der Waals surface area contributed by atoms with Crippen LogP contribution < -0.4 is 5.32 Å². The van der Waals surface area contributed by atoms with Crippen LogP contribution in [0.15, 0.2) is 22.7 Å². The molecule has 0 aliphatic carbocycles. The number of nitrogens with zero attached hydrogens (tertiary/aromatic N) is 2. The fourth-order valence-corrected chi connectivity index (χ4v) is 2.74. The fourth-order valence-electron chi connectivity index (χ4n) is 2.38. The van der Waals surface area contributed by atoms with Crippen LogP contribution in [0, 0.1) is 16.0 Å². The Balaban J connectivity index is 1.89. The Morgan fingerprint density at radius 3 is 2.86 bits per heavy atom. The summed E-state index contributed by atoms with van der Waals surface area (Å²) in [6, 6.07) is 4.94. The average molecular weight is 358 g/mol. The van der Waals surface area contributed by atoms with Gasteiger partial charge in [-0.3, -0.25) is 15.0 Å². The normalized spacial score (nSPS) is 17.4. The van der Waals surface area contributed by atoms with E-state index in [0.717, 1.165) is 37.3 Å². The van der Waals surface area contributed by atoms with Crippen LogP contribution in [-0.2, 0) is 4.74 Å². The molecule has 0 aromatic heterocycles. The number of anilines is 1. The maximum atomic E-state index is 11.0. The predicted octanol–water partition coefficient (Wildman–Crippen LogP) is 2.74. The summed E-state index contributed by atoms with van der Waals surface area (Å²) in [6.45, 7) is 7.32. The van der Waals surface area contributed by atoms with E-state index in [2.05, 4.69) is 33.1 Å². The zero-order valence-electron chi connectivity index (χ0n) is 12.0. The lowest BCUT2D eigenvalue weighted by atomic mass is 10.1. The van der Waals surface area contributed by atoms with Crippen molar-refractivity contribution in [2.45, 2.75) is 6.92 Å². The van der Waals surface area contributed by atoms with E-state index in [4.69, 9.17) is 4.74 Å². The van der Waals surface area contributed by atoms with E-state index in [0.29, 0.717) is 18.2 Å². The first-order valence-electron chi connectivity index (χ1n) is 7.04. The molecule has 0 radical (unpaired) electrons. The van der Waals surface area contributed by atoms with Gasteiger partial charge in [0.2, 0.25) is 0 Å². The minimum absolute atomic E-state index is 0.108. The average Bonchev–Trinajstić information content (AvgIpc) is 2.46. The van der Waals surface area contributed by atoms with Gasteiger partial charge in [0, 0.05) is 36.7 Å². The smallest absolute Gasteiger partial charge is 0.292 e. The highest BCUT2D eigenvalue weighted by Gasteiger charge is 2.16. The van der Waals surface area contributed by atoms with Crippen LogP contribution >= 0.6 is 15.9 Å². The fraction of sp³-hybridized carbons (Fsp3) is 0.571. The Labute approximate surface area is 132 Å². The molecule has 1 aliphatic heterocycles. The number of rotatable bonds is 6. The molecule has 1 heterocycles. The third-order valence-electron chi connectivity index (χ3n) is 3.47. The van der Waals surface area contributed by atoms with Gasteiger partial charge >= 0.3 is 0 Å². The highest BCUT2D eigenvalue weighted by Crippen LogP contribution is 2.28. The van der Waals surface area contributed by atoms with Crippen LogP contribution in [0.25, 0.3) is 0 Å². The molecule has 1 aromatic rings. The van der Waals surface area contributed by atoms with E-state index in [1.807, 2.05) is 0 Å². The van der Waals surface area contributed by atoms with Crippen molar-refractivity contribution in [2.75, 3.05) is 44.7 Å². The summed E-state index contributed by atoms with van der Waals surface area (Å²) in [5.41, 5.74) is 0.667. The van der Waals surface area contributed by atoms with Gasteiger partial charge < -0.3 is 10.1 Å². The van der Waals surface area contributed by atoms with Crippen LogP contribution in [0.2, 0.25) is 0 Å². The van der Waals surface area contributed by atoms with Gasteiger partial charge in [0.15, 0.2) is 0 Å². The maximum Gasteiger partial charge on any atom is 0.292 e. The lowest BCUT2D eigenvalue weighted by Gasteiger charge is -2.29. The van der Waals surface area contributed by atoms with Gasteiger partial charge in [0.05, 0.1) is 18.1 Å². The SMILES string of the molecule is CC(CNc1cc(Br)ccc1[N+](=O)[O-])CN1CCOCC1. The number of nitrogens with one attached hydrogen (secondary N) is 1. The third kappa shape index (κ3) is 4.94. The molecule has 1 unspecified atom stereocenters. The number of hydrogen-bond acceptors (Lipinski definition) is 5. The Morgan fingerprint density at radius 1 is 1.48 bits per heavy atom. The summed E-state index contributed by atoms with van der Waals surface area (Å²) < 4.78 is 6.16. The molecule has 0 spiro atoms. The molecule has 7 heteroatoms. The van der Waals surface area contributed by atoms with Crippen LogP contribution in [0.3, 0.4) is 0 Å². The summed E-state index contributed by atoms with van der Waals surface area (Å²) in [6.07, 6.45) is 0. The quantitative estimate of drug-likeness (QED) is 0.626. The molecule has 1 fully saturated rings. The van der Waals surface area contributed by atoms with Gasteiger partial charge in [-0.15, -0.1) is 0 Å². The second kappa shape index (κ2) is 7.72. The highest BCUT2D eigenvalue weighted by molar-refractivity contribution is 9.10. The number of ether oxygens (including phenoxy) is 1. The Kier molecular flexibility index (Phi) is 5.96. The molecule has 1 saturated heterocycles. The lowest BCUT2D eigenvalue weighted by molar-refractivity contribution is -0.384. The molecular weight excluding hydrogens is 338 g/mol. The topological polar surface area (TPSA) is 67.6 Å². The summed E-state index contributed by atoms with van der Waals surface area (Å²) >= 11 is 3.35. The molecule has 1 aromatic carbocycles.